The lowest BCUT2D eigenvalue weighted by molar-refractivity contribution is 0.102. The van der Waals surface area contributed by atoms with Crippen molar-refractivity contribution < 1.29 is 4.79 Å². The molecule has 0 fully saturated rings. The number of nitrogens with one attached hydrogen (secondary N) is 1. The number of benzene rings is 1. The molecule has 0 saturated heterocycles. The molecule has 0 bridgehead atoms. The molecule has 22 heavy (non-hydrogen) atoms. The van der Waals surface area contributed by atoms with Crippen LogP contribution in [0.5, 0.6) is 0 Å². The molecule has 0 unspecified atom stereocenters. The number of amides is 1. The monoisotopic (exact) mass is 309 g/mol. The Hall–Kier alpha value is -2.72. The standard InChI is InChI=1S/C17H12ClN3O/c18-13-5-3-4-12(10-13)17(22)21-14-7-8-16(20-11-14)15-6-1-2-9-19-15/h1-11H,(H,21,22). The molecule has 2 heterocycles. The van der Waals surface area contributed by atoms with Crippen molar-refractivity contribution in [2.45, 2.75) is 0 Å². The molecule has 2 aromatic heterocycles. The van der Waals surface area contributed by atoms with Gasteiger partial charge in [0.05, 0.1) is 23.3 Å². The van der Waals surface area contributed by atoms with Crippen LogP contribution in [0.3, 0.4) is 0 Å². The zero-order chi connectivity index (χ0) is 15.4. The molecular weight excluding hydrogens is 298 g/mol. The predicted octanol–water partition coefficient (Wildman–Crippen LogP) is 4.05. The van der Waals surface area contributed by atoms with Crippen molar-refractivity contribution in [3.63, 3.8) is 0 Å². The van der Waals surface area contributed by atoms with Crippen LogP contribution in [0.15, 0.2) is 67.0 Å². The van der Waals surface area contributed by atoms with Crippen LogP contribution < -0.4 is 5.32 Å². The average Bonchev–Trinajstić information content (AvgIpc) is 2.56. The second-order valence-corrected chi connectivity index (χ2v) is 5.05. The van der Waals surface area contributed by atoms with E-state index in [0.717, 1.165) is 11.4 Å². The Bertz CT molecular complexity index is 789. The minimum Gasteiger partial charge on any atom is -0.321 e. The van der Waals surface area contributed by atoms with Crippen molar-refractivity contribution in [2.75, 3.05) is 5.32 Å². The molecule has 4 nitrogen and oxygen atoms in total. The lowest BCUT2D eigenvalue weighted by Crippen LogP contribution is -2.11. The van der Waals surface area contributed by atoms with E-state index in [1.165, 1.54) is 0 Å². The Morgan fingerprint density at radius 2 is 1.82 bits per heavy atom. The third-order valence-electron chi connectivity index (χ3n) is 3.04. The van der Waals surface area contributed by atoms with Gasteiger partial charge in [-0.05, 0) is 42.5 Å². The molecule has 0 aliphatic heterocycles. The molecule has 0 atom stereocenters. The predicted molar refractivity (Wildman–Crippen MR) is 86.9 cm³/mol. The Balaban J connectivity index is 1.75. The van der Waals surface area contributed by atoms with E-state index in [1.54, 1.807) is 42.7 Å². The van der Waals surface area contributed by atoms with E-state index in [2.05, 4.69) is 15.3 Å². The number of hydrogen-bond acceptors (Lipinski definition) is 3. The molecule has 0 radical (unpaired) electrons. The maximum Gasteiger partial charge on any atom is 0.255 e. The van der Waals surface area contributed by atoms with Gasteiger partial charge in [0, 0.05) is 16.8 Å². The van der Waals surface area contributed by atoms with Gasteiger partial charge in [-0.2, -0.15) is 0 Å². The molecule has 0 aliphatic rings. The van der Waals surface area contributed by atoms with Crippen LogP contribution in [0.2, 0.25) is 5.02 Å². The van der Waals surface area contributed by atoms with Gasteiger partial charge in [0.25, 0.3) is 5.91 Å². The Morgan fingerprint density at radius 3 is 2.50 bits per heavy atom. The van der Waals surface area contributed by atoms with Gasteiger partial charge in [-0.25, -0.2) is 0 Å². The molecular formula is C17H12ClN3O. The van der Waals surface area contributed by atoms with Crippen molar-refractivity contribution in [2.24, 2.45) is 0 Å². The normalized spacial score (nSPS) is 10.2. The van der Waals surface area contributed by atoms with Gasteiger partial charge in [-0.1, -0.05) is 23.7 Å². The van der Waals surface area contributed by atoms with Crippen LogP contribution in [-0.2, 0) is 0 Å². The van der Waals surface area contributed by atoms with Crippen LogP contribution in [-0.4, -0.2) is 15.9 Å². The van der Waals surface area contributed by atoms with Gasteiger partial charge in [-0.3, -0.25) is 14.8 Å². The fraction of sp³-hybridized carbons (Fsp3) is 0. The summed E-state index contributed by atoms with van der Waals surface area (Å²) in [6.07, 6.45) is 3.32. The highest BCUT2D eigenvalue weighted by Crippen LogP contribution is 2.17. The van der Waals surface area contributed by atoms with Crippen LogP contribution >= 0.6 is 11.6 Å². The molecule has 1 N–H and O–H groups in total. The van der Waals surface area contributed by atoms with E-state index in [1.807, 2.05) is 24.3 Å². The summed E-state index contributed by atoms with van der Waals surface area (Å²) in [6.45, 7) is 0. The first kappa shape index (κ1) is 14.2. The van der Waals surface area contributed by atoms with E-state index in [0.29, 0.717) is 16.3 Å². The van der Waals surface area contributed by atoms with Gasteiger partial charge >= 0.3 is 0 Å². The van der Waals surface area contributed by atoms with Gasteiger partial charge in [-0.15, -0.1) is 0 Å². The molecule has 0 spiro atoms. The fourth-order valence-electron chi connectivity index (χ4n) is 1.97. The van der Waals surface area contributed by atoms with E-state index >= 15 is 0 Å². The lowest BCUT2D eigenvalue weighted by Gasteiger charge is -2.06. The highest BCUT2D eigenvalue weighted by atomic mass is 35.5. The van der Waals surface area contributed by atoms with Gasteiger partial charge in [0.1, 0.15) is 0 Å². The number of aromatic nitrogens is 2. The van der Waals surface area contributed by atoms with Crippen molar-refractivity contribution in [1.82, 2.24) is 9.97 Å². The summed E-state index contributed by atoms with van der Waals surface area (Å²) in [7, 11) is 0. The Kier molecular flexibility index (Phi) is 4.12. The van der Waals surface area contributed by atoms with Crippen molar-refractivity contribution >= 4 is 23.2 Å². The van der Waals surface area contributed by atoms with Crippen LogP contribution in [0.1, 0.15) is 10.4 Å². The largest absolute Gasteiger partial charge is 0.321 e. The zero-order valence-corrected chi connectivity index (χ0v) is 12.3. The van der Waals surface area contributed by atoms with Crippen LogP contribution in [0.25, 0.3) is 11.4 Å². The molecule has 0 aliphatic carbocycles. The van der Waals surface area contributed by atoms with Crippen molar-refractivity contribution in [3.05, 3.63) is 77.6 Å². The summed E-state index contributed by atoms with van der Waals surface area (Å²) >= 11 is 5.88. The molecule has 5 heteroatoms. The lowest BCUT2D eigenvalue weighted by atomic mass is 10.2. The SMILES string of the molecule is O=C(Nc1ccc(-c2ccccn2)nc1)c1cccc(Cl)c1. The first-order valence-electron chi connectivity index (χ1n) is 6.67. The zero-order valence-electron chi connectivity index (χ0n) is 11.5. The number of carbonyl (C=O) groups is 1. The molecule has 1 aromatic carbocycles. The third kappa shape index (κ3) is 3.30. The average molecular weight is 310 g/mol. The first-order chi connectivity index (χ1) is 10.7. The second-order valence-electron chi connectivity index (χ2n) is 4.61. The number of carbonyl (C=O) groups excluding carboxylic acids is 1. The highest BCUT2D eigenvalue weighted by Gasteiger charge is 2.07. The quantitative estimate of drug-likeness (QED) is 0.794. The minimum absolute atomic E-state index is 0.227. The maximum atomic E-state index is 12.1. The van der Waals surface area contributed by atoms with E-state index in [9.17, 15) is 4.79 Å². The smallest absolute Gasteiger partial charge is 0.255 e. The molecule has 0 saturated carbocycles. The molecule has 1 amide bonds. The molecule has 108 valence electrons. The van der Waals surface area contributed by atoms with E-state index < -0.39 is 0 Å². The van der Waals surface area contributed by atoms with Crippen LogP contribution in [0.4, 0.5) is 5.69 Å². The number of rotatable bonds is 3. The van der Waals surface area contributed by atoms with Gasteiger partial charge in [0.15, 0.2) is 0 Å². The summed E-state index contributed by atoms with van der Waals surface area (Å²) < 4.78 is 0. The topological polar surface area (TPSA) is 54.9 Å². The van der Waals surface area contributed by atoms with Crippen molar-refractivity contribution in [3.8, 4) is 11.4 Å². The number of halogens is 1. The van der Waals surface area contributed by atoms with Gasteiger partial charge < -0.3 is 5.32 Å². The summed E-state index contributed by atoms with van der Waals surface area (Å²) in [5, 5.41) is 3.31. The third-order valence-corrected chi connectivity index (χ3v) is 3.27. The van der Waals surface area contributed by atoms with Crippen LogP contribution in [0, 0.1) is 0 Å². The Labute approximate surface area is 132 Å². The number of pyridine rings is 2. The summed E-state index contributed by atoms with van der Waals surface area (Å²) in [5.41, 5.74) is 2.66. The second kappa shape index (κ2) is 6.37. The maximum absolute atomic E-state index is 12.1. The van der Waals surface area contributed by atoms with Gasteiger partial charge in [0.2, 0.25) is 0 Å². The summed E-state index contributed by atoms with van der Waals surface area (Å²) in [4.78, 5) is 20.7. The highest BCUT2D eigenvalue weighted by molar-refractivity contribution is 6.31. The Morgan fingerprint density at radius 1 is 0.955 bits per heavy atom. The number of anilines is 1. The van der Waals surface area contributed by atoms with Crippen molar-refractivity contribution in [1.29, 1.82) is 0 Å². The van der Waals surface area contributed by atoms with E-state index in [-0.39, 0.29) is 5.91 Å². The fourth-order valence-corrected chi connectivity index (χ4v) is 2.16. The van der Waals surface area contributed by atoms with E-state index in [4.69, 9.17) is 11.6 Å². The minimum atomic E-state index is -0.227. The molecule has 3 aromatic rings. The summed E-state index contributed by atoms with van der Waals surface area (Å²) in [5.74, 6) is -0.227. The molecule has 3 rings (SSSR count). The first-order valence-corrected chi connectivity index (χ1v) is 7.04. The number of hydrogen-bond donors (Lipinski definition) is 1. The summed E-state index contributed by atoms with van der Waals surface area (Å²) in [6, 6.07) is 16.0. The number of nitrogens with zero attached hydrogens (tertiary/aromatic N) is 2.